The first-order valence-electron chi connectivity index (χ1n) is 11.0. The molecule has 1 saturated carbocycles. The highest BCUT2D eigenvalue weighted by Crippen LogP contribution is 2.36. The number of allylic oxidation sites excluding steroid dienone is 3. The number of hydrogen-bond acceptors (Lipinski definition) is 3. The third kappa shape index (κ3) is 7.47. The summed E-state index contributed by atoms with van der Waals surface area (Å²) in [7, 11) is 1.37. The normalized spacial score (nSPS) is 25.1. The minimum Gasteiger partial charge on any atom is -0.498 e. The number of methoxy groups -OCH3 is 1. The van der Waals surface area contributed by atoms with Crippen molar-refractivity contribution in [1.29, 1.82) is 0 Å². The van der Waals surface area contributed by atoms with E-state index in [-0.39, 0.29) is 18.0 Å². The van der Waals surface area contributed by atoms with E-state index in [9.17, 15) is 8.78 Å². The first-order chi connectivity index (χ1) is 13.5. The van der Waals surface area contributed by atoms with E-state index >= 15 is 0 Å². The second-order valence-electron chi connectivity index (χ2n) is 7.71. The second-order valence-corrected chi connectivity index (χ2v) is 7.71. The Morgan fingerprint density at radius 2 is 1.54 bits per heavy atom. The molecule has 0 amide bonds. The van der Waals surface area contributed by atoms with Crippen molar-refractivity contribution < 1.29 is 23.0 Å². The average molecular weight is 403 g/mol. The van der Waals surface area contributed by atoms with Gasteiger partial charge in [0, 0.05) is 12.3 Å². The lowest BCUT2D eigenvalue weighted by Gasteiger charge is -2.29. The Morgan fingerprint density at radius 1 is 0.929 bits per heavy atom. The van der Waals surface area contributed by atoms with Gasteiger partial charge in [-0.1, -0.05) is 47.0 Å². The molecule has 0 bridgehead atoms. The highest BCUT2D eigenvalue weighted by molar-refractivity contribution is 5.33. The lowest BCUT2D eigenvalue weighted by molar-refractivity contribution is -0.145. The summed E-state index contributed by atoms with van der Waals surface area (Å²) in [6, 6.07) is 0. The molecule has 1 fully saturated rings. The number of hydrogen-bond donors (Lipinski definition) is 0. The minimum atomic E-state index is -0.868. The Hall–Kier alpha value is -0.940. The number of rotatable bonds is 9. The van der Waals surface area contributed by atoms with Crippen LogP contribution in [0.25, 0.3) is 0 Å². The van der Waals surface area contributed by atoms with Gasteiger partial charge >= 0.3 is 0 Å². The van der Waals surface area contributed by atoms with Gasteiger partial charge in [0.05, 0.1) is 20.3 Å². The van der Waals surface area contributed by atoms with Crippen molar-refractivity contribution in [2.45, 2.75) is 85.9 Å². The number of ether oxygens (including phenoxy) is 3. The molecule has 0 aromatic heterocycles. The van der Waals surface area contributed by atoms with E-state index in [4.69, 9.17) is 14.2 Å². The van der Waals surface area contributed by atoms with Gasteiger partial charge in [-0.25, -0.2) is 8.78 Å². The van der Waals surface area contributed by atoms with Gasteiger partial charge in [-0.05, 0) is 43.6 Å². The molecule has 0 aromatic rings. The summed E-state index contributed by atoms with van der Waals surface area (Å²) in [5.74, 6) is -0.254. The smallest absolute Gasteiger partial charge is 0.196 e. The molecule has 164 valence electrons. The van der Waals surface area contributed by atoms with Crippen LogP contribution in [0.2, 0.25) is 0 Å². The quantitative estimate of drug-likeness (QED) is 0.385. The fraction of sp³-hybridized carbons (Fsp3) is 0.826. The van der Waals surface area contributed by atoms with Gasteiger partial charge in [-0.15, -0.1) is 0 Å². The molecule has 0 heterocycles. The molecule has 2 rings (SSSR count). The second kappa shape index (κ2) is 13.3. The zero-order valence-electron chi connectivity index (χ0n) is 18.7. The van der Waals surface area contributed by atoms with Gasteiger partial charge < -0.3 is 14.2 Å². The van der Waals surface area contributed by atoms with Crippen LogP contribution < -0.4 is 0 Å². The van der Waals surface area contributed by atoms with E-state index in [1.807, 2.05) is 27.7 Å². The Kier molecular flexibility index (Phi) is 11.9. The van der Waals surface area contributed by atoms with Gasteiger partial charge in [0.2, 0.25) is 0 Å². The molecule has 2 aliphatic carbocycles. The van der Waals surface area contributed by atoms with Crippen LogP contribution in [0, 0.1) is 17.8 Å². The van der Waals surface area contributed by atoms with Crippen LogP contribution in [0.1, 0.15) is 79.6 Å². The molecular weight excluding hydrogens is 362 g/mol. The van der Waals surface area contributed by atoms with E-state index < -0.39 is 11.7 Å². The molecule has 0 aromatic carbocycles. The summed E-state index contributed by atoms with van der Waals surface area (Å²) in [4.78, 5) is 0. The topological polar surface area (TPSA) is 27.7 Å². The summed E-state index contributed by atoms with van der Waals surface area (Å²) < 4.78 is 44.5. The summed E-state index contributed by atoms with van der Waals surface area (Å²) >= 11 is 0. The monoisotopic (exact) mass is 402 g/mol. The minimum absolute atomic E-state index is 0.0915. The Morgan fingerprint density at radius 3 is 2.11 bits per heavy atom. The first kappa shape index (κ1) is 25.1. The van der Waals surface area contributed by atoms with Crippen LogP contribution in [0.5, 0.6) is 0 Å². The van der Waals surface area contributed by atoms with Crippen molar-refractivity contribution >= 4 is 0 Å². The fourth-order valence-electron chi connectivity index (χ4n) is 3.89. The van der Waals surface area contributed by atoms with E-state index in [0.29, 0.717) is 30.9 Å². The molecule has 5 heteroatoms. The van der Waals surface area contributed by atoms with E-state index in [0.717, 1.165) is 12.5 Å². The largest absolute Gasteiger partial charge is 0.498 e. The Balaban J connectivity index is 0.00000190. The maximum absolute atomic E-state index is 14.2. The van der Waals surface area contributed by atoms with Crippen LogP contribution in [0.15, 0.2) is 23.0 Å². The molecular formula is C23H40F2O3. The fourth-order valence-corrected chi connectivity index (χ4v) is 3.89. The first-order valence-corrected chi connectivity index (χ1v) is 11.0. The summed E-state index contributed by atoms with van der Waals surface area (Å²) in [6.07, 6.45) is 6.85. The molecule has 0 N–H and O–H groups in total. The maximum atomic E-state index is 14.2. The molecule has 0 radical (unpaired) electrons. The number of halogens is 2. The van der Waals surface area contributed by atoms with Crippen molar-refractivity contribution in [3.05, 3.63) is 23.0 Å². The van der Waals surface area contributed by atoms with Gasteiger partial charge in [-0.2, -0.15) is 0 Å². The predicted molar refractivity (Wildman–Crippen MR) is 110 cm³/mol. The highest BCUT2D eigenvalue weighted by Gasteiger charge is 2.27. The van der Waals surface area contributed by atoms with Gasteiger partial charge in [-0.3, -0.25) is 0 Å². The van der Waals surface area contributed by atoms with Crippen molar-refractivity contribution in [3.63, 3.8) is 0 Å². The Bertz CT molecular complexity index is 508. The van der Waals surface area contributed by atoms with Gasteiger partial charge in [0.15, 0.2) is 17.9 Å². The van der Waals surface area contributed by atoms with Crippen molar-refractivity contribution in [3.8, 4) is 0 Å². The highest BCUT2D eigenvalue weighted by atomic mass is 19.2. The van der Waals surface area contributed by atoms with E-state index in [1.165, 1.54) is 39.2 Å². The predicted octanol–water partition coefficient (Wildman–Crippen LogP) is 7.09. The third-order valence-electron chi connectivity index (χ3n) is 5.87. The molecule has 0 aliphatic heterocycles. The molecule has 0 spiro atoms. The van der Waals surface area contributed by atoms with Crippen LogP contribution in [-0.2, 0) is 14.2 Å². The molecule has 2 aliphatic rings. The zero-order chi connectivity index (χ0) is 21.1. The van der Waals surface area contributed by atoms with Crippen molar-refractivity contribution in [1.82, 2.24) is 0 Å². The average Bonchev–Trinajstić information content (AvgIpc) is 2.74. The molecule has 2 unspecified atom stereocenters. The molecule has 28 heavy (non-hydrogen) atoms. The summed E-state index contributed by atoms with van der Waals surface area (Å²) in [5, 5.41) is 0. The van der Waals surface area contributed by atoms with Crippen molar-refractivity contribution in [2.24, 2.45) is 17.8 Å². The van der Waals surface area contributed by atoms with Gasteiger partial charge in [0.25, 0.3) is 0 Å². The van der Waals surface area contributed by atoms with Crippen molar-refractivity contribution in [2.75, 3.05) is 20.3 Å². The standard InChI is InChI=1S/C21H34F2O3.C2H6/c1-5-16-6-8-17(9-7-16)13-26-15(3)25-12-14(2)18-10-11-19(24-4)21(23)20(18)22;1-2/h14-17H,5-13H2,1-4H3;1-2H3. The van der Waals surface area contributed by atoms with Crippen LogP contribution in [-0.4, -0.2) is 26.6 Å². The lowest BCUT2D eigenvalue weighted by Crippen LogP contribution is -2.24. The van der Waals surface area contributed by atoms with Crippen LogP contribution in [0.3, 0.4) is 0 Å². The molecule has 2 atom stereocenters. The van der Waals surface area contributed by atoms with Gasteiger partial charge in [0.1, 0.15) is 5.76 Å². The van der Waals surface area contributed by atoms with Crippen LogP contribution >= 0.6 is 0 Å². The van der Waals surface area contributed by atoms with E-state index in [1.54, 1.807) is 0 Å². The third-order valence-corrected chi connectivity index (χ3v) is 5.87. The Labute approximate surface area is 170 Å². The molecule has 3 nitrogen and oxygen atoms in total. The van der Waals surface area contributed by atoms with E-state index in [2.05, 4.69) is 6.92 Å². The SMILES string of the molecule is CC.CCC1CCC(COC(C)OCC(C)C2=C(F)C(F)=C(OC)CC2)CC1. The zero-order valence-corrected chi connectivity index (χ0v) is 18.7. The molecule has 0 saturated heterocycles. The summed E-state index contributed by atoms with van der Waals surface area (Å²) in [6.45, 7) is 11.0. The summed E-state index contributed by atoms with van der Waals surface area (Å²) in [5.41, 5.74) is 0.466. The van der Waals surface area contributed by atoms with Crippen LogP contribution in [0.4, 0.5) is 8.78 Å². The maximum Gasteiger partial charge on any atom is 0.196 e. The lowest BCUT2D eigenvalue weighted by atomic mass is 9.81.